The lowest BCUT2D eigenvalue weighted by Gasteiger charge is -2.12. The minimum absolute atomic E-state index is 0.0377. The van der Waals surface area contributed by atoms with E-state index in [9.17, 15) is 14.4 Å². The number of aliphatic hydroxyl groups is 1. The molecule has 1 amide bonds. The largest absolute Gasteiger partial charge is 0.493 e. The Labute approximate surface area is 174 Å². The maximum atomic E-state index is 12.8. The van der Waals surface area contributed by atoms with Crippen LogP contribution >= 0.6 is 0 Å². The third kappa shape index (κ3) is 4.80. The summed E-state index contributed by atoms with van der Waals surface area (Å²) >= 11 is 0. The highest BCUT2D eigenvalue weighted by Gasteiger charge is 2.30. The van der Waals surface area contributed by atoms with E-state index in [1.165, 1.54) is 14.2 Å². The van der Waals surface area contributed by atoms with Gasteiger partial charge in [-0.2, -0.15) is 0 Å². The van der Waals surface area contributed by atoms with E-state index in [-0.39, 0.29) is 36.6 Å². The zero-order valence-electron chi connectivity index (χ0n) is 17.5. The molecule has 30 heavy (non-hydrogen) atoms. The van der Waals surface area contributed by atoms with Crippen molar-refractivity contribution >= 4 is 17.7 Å². The van der Waals surface area contributed by atoms with Crippen LogP contribution in [0.4, 0.5) is 0 Å². The average molecular weight is 418 g/mol. The molecular weight excluding hydrogens is 392 g/mol. The van der Waals surface area contributed by atoms with Gasteiger partial charge in [-0.05, 0) is 38.0 Å². The lowest BCUT2D eigenvalue weighted by molar-refractivity contribution is -0.117. The molecule has 0 saturated carbocycles. The number of aromatic amines is 1. The highest BCUT2D eigenvalue weighted by molar-refractivity contribution is 6.43. The summed E-state index contributed by atoms with van der Waals surface area (Å²) in [5, 5.41) is 11.3. The Kier molecular flexibility index (Phi) is 7.99. The molecule has 0 spiro atoms. The van der Waals surface area contributed by atoms with Crippen LogP contribution in [0, 0.1) is 6.92 Å². The van der Waals surface area contributed by atoms with Crippen molar-refractivity contribution in [3.05, 3.63) is 35.2 Å². The highest BCUT2D eigenvalue weighted by atomic mass is 16.5. The summed E-state index contributed by atoms with van der Waals surface area (Å²) < 4.78 is 15.7. The second-order valence-corrected chi connectivity index (χ2v) is 6.33. The van der Waals surface area contributed by atoms with Gasteiger partial charge in [-0.3, -0.25) is 9.59 Å². The summed E-state index contributed by atoms with van der Waals surface area (Å²) in [6.45, 7) is 3.49. The lowest BCUT2D eigenvalue weighted by Crippen LogP contribution is -2.32. The molecule has 0 atom stereocenters. The van der Waals surface area contributed by atoms with Gasteiger partial charge in [-0.25, -0.2) is 4.79 Å². The van der Waals surface area contributed by atoms with Crippen molar-refractivity contribution in [3.63, 3.8) is 0 Å². The van der Waals surface area contributed by atoms with E-state index in [0.717, 1.165) is 0 Å². The molecule has 0 bridgehead atoms. The fourth-order valence-corrected chi connectivity index (χ4v) is 3.01. The van der Waals surface area contributed by atoms with E-state index in [0.29, 0.717) is 29.2 Å². The summed E-state index contributed by atoms with van der Waals surface area (Å²) in [4.78, 5) is 40.6. The van der Waals surface area contributed by atoms with Crippen LogP contribution in [0.25, 0.3) is 11.1 Å². The number of methoxy groups -OCH3 is 2. The SMILES string of the molecule is CCOC(=O)c1c(C)[nH]c(C(=O)C(=O)NCCCO)c1-c1ccc(OC)c(OC)c1. The van der Waals surface area contributed by atoms with Gasteiger partial charge >= 0.3 is 5.97 Å². The normalized spacial score (nSPS) is 10.4. The summed E-state index contributed by atoms with van der Waals surface area (Å²) in [7, 11) is 2.96. The van der Waals surface area contributed by atoms with Crippen LogP contribution in [0.15, 0.2) is 18.2 Å². The van der Waals surface area contributed by atoms with E-state index in [2.05, 4.69) is 10.3 Å². The average Bonchev–Trinajstić information content (AvgIpc) is 3.09. The van der Waals surface area contributed by atoms with Crippen molar-refractivity contribution in [2.75, 3.05) is 34.0 Å². The third-order valence-corrected chi connectivity index (χ3v) is 4.39. The first-order chi connectivity index (χ1) is 14.4. The maximum absolute atomic E-state index is 12.8. The minimum atomic E-state index is -0.846. The Morgan fingerprint density at radius 1 is 1.13 bits per heavy atom. The molecule has 9 nitrogen and oxygen atoms in total. The topological polar surface area (TPSA) is 127 Å². The number of hydrogen-bond acceptors (Lipinski definition) is 7. The van der Waals surface area contributed by atoms with Gasteiger partial charge in [0.1, 0.15) is 5.69 Å². The van der Waals surface area contributed by atoms with Crippen LogP contribution in [-0.2, 0) is 9.53 Å². The number of carbonyl (C=O) groups is 3. The third-order valence-electron chi connectivity index (χ3n) is 4.39. The number of aliphatic hydroxyl groups excluding tert-OH is 1. The molecule has 0 saturated heterocycles. The number of H-pyrrole nitrogens is 1. The summed E-state index contributed by atoms with van der Waals surface area (Å²) in [5.74, 6) is -1.43. The van der Waals surface area contributed by atoms with Gasteiger partial charge in [0.2, 0.25) is 0 Å². The standard InChI is InChI=1S/C21H26N2O7/c1-5-30-21(27)16-12(2)23-18(19(25)20(26)22-9-6-10-24)17(16)13-7-8-14(28-3)15(11-13)29-4/h7-8,11,23-24H,5-6,9-10H2,1-4H3,(H,22,26). The van der Waals surface area contributed by atoms with Crippen LogP contribution in [0.2, 0.25) is 0 Å². The predicted octanol–water partition coefficient (Wildman–Crippen LogP) is 1.87. The van der Waals surface area contributed by atoms with Crippen molar-refractivity contribution in [2.24, 2.45) is 0 Å². The number of carbonyl (C=O) groups excluding carboxylic acids is 3. The highest BCUT2D eigenvalue weighted by Crippen LogP contribution is 2.37. The molecule has 1 aromatic carbocycles. The number of benzene rings is 1. The Hall–Kier alpha value is -3.33. The van der Waals surface area contributed by atoms with Crippen molar-refractivity contribution in [1.29, 1.82) is 0 Å². The van der Waals surface area contributed by atoms with E-state index in [1.54, 1.807) is 32.0 Å². The van der Waals surface area contributed by atoms with Crippen molar-refractivity contribution in [1.82, 2.24) is 10.3 Å². The van der Waals surface area contributed by atoms with Gasteiger partial charge in [-0.1, -0.05) is 6.07 Å². The Morgan fingerprint density at radius 2 is 1.83 bits per heavy atom. The number of aromatic nitrogens is 1. The fourth-order valence-electron chi connectivity index (χ4n) is 3.01. The summed E-state index contributed by atoms with van der Waals surface area (Å²) in [6.07, 6.45) is 0.319. The molecule has 162 valence electrons. The zero-order valence-corrected chi connectivity index (χ0v) is 17.5. The van der Waals surface area contributed by atoms with Gasteiger partial charge in [0, 0.05) is 24.4 Å². The van der Waals surface area contributed by atoms with Crippen LogP contribution in [-0.4, -0.2) is 61.7 Å². The minimum Gasteiger partial charge on any atom is -0.493 e. The summed E-state index contributed by atoms with van der Waals surface area (Å²) in [6, 6.07) is 4.92. The molecule has 0 aliphatic heterocycles. The number of esters is 1. The Morgan fingerprint density at radius 3 is 2.43 bits per heavy atom. The zero-order chi connectivity index (χ0) is 22.3. The smallest absolute Gasteiger partial charge is 0.340 e. The van der Waals surface area contributed by atoms with Crippen molar-refractivity contribution in [3.8, 4) is 22.6 Å². The van der Waals surface area contributed by atoms with E-state index in [1.807, 2.05) is 0 Å². The first kappa shape index (κ1) is 23.0. The van der Waals surface area contributed by atoms with Gasteiger partial charge in [-0.15, -0.1) is 0 Å². The van der Waals surface area contributed by atoms with E-state index in [4.69, 9.17) is 19.3 Å². The fraction of sp³-hybridized carbons (Fsp3) is 0.381. The molecule has 2 aromatic rings. The van der Waals surface area contributed by atoms with Gasteiger partial charge in [0.05, 0.1) is 26.4 Å². The molecule has 1 heterocycles. The first-order valence-electron chi connectivity index (χ1n) is 9.44. The van der Waals surface area contributed by atoms with Gasteiger partial charge < -0.3 is 29.6 Å². The molecule has 0 radical (unpaired) electrons. The predicted molar refractivity (Wildman–Crippen MR) is 109 cm³/mol. The second-order valence-electron chi connectivity index (χ2n) is 6.33. The number of ether oxygens (including phenoxy) is 3. The van der Waals surface area contributed by atoms with Crippen LogP contribution in [0.3, 0.4) is 0 Å². The van der Waals surface area contributed by atoms with Crippen molar-refractivity contribution < 1.29 is 33.7 Å². The quantitative estimate of drug-likeness (QED) is 0.233. The number of amides is 1. The lowest BCUT2D eigenvalue weighted by atomic mass is 9.97. The van der Waals surface area contributed by atoms with E-state index < -0.39 is 17.7 Å². The maximum Gasteiger partial charge on any atom is 0.340 e. The number of aryl methyl sites for hydroxylation is 1. The van der Waals surface area contributed by atoms with Crippen LogP contribution in [0.5, 0.6) is 11.5 Å². The number of nitrogens with one attached hydrogen (secondary N) is 2. The number of hydrogen-bond donors (Lipinski definition) is 3. The molecule has 9 heteroatoms. The van der Waals surface area contributed by atoms with Gasteiger partial charge in [0.15, 0.2) is 11.5 Å². The molecule has 0 unspecified atom stereocenters. The summed E-state index contributed by atoms with van der Waals surface area (Å²) in [5.41, 5.74) is 1.24. The Bertz CT molecular complexity index is 934. The molecule has 3 N–H and O–H groups in total. The number of Topliss-reactive ketones (excluding diaryl/α,β-unsaturated/α-hetero) is 1. The monoisotopic (exact) mass is 418 g/mol. The number of rotatable bonds is 10. The Balaban J connectivity index is 2.62. The first-order valence-corrected chi connectivity index (χ1v) is 9.44. The second kappa shape index (κ2) is 10.4. The van der Waals surface area contributed by atoms with Gasteiger partial charge in [0.25, 0.3) is 11.7 Å². The molecule has 1 aromatic heterocycles. The molecule has 0 aliphatic carbocycles. The van der Waals surface area contributed by atoms with Crippen LogP contribution in [0.1, 0.15) is 39.9 Å². The molecular formula is C21H26N2O7. The number of ketones is 1. The van der Waals surface area contributed by atoms with Crippen molar-refractivity contribution in [2.45, 2.75) is 20.3 Å². The molecule has 0 fully saturated rings. The van der Waals surface area contributed by atoms with E-state index >= 15 is 0 Å². The molecule has 0 aliphatic rings. The van der Waals surface area contributed by atoms with Crippen LogP contribution < -0.4 is 14.8 Å². The molecule has 2 rings (SSSR count).